The molecule has 1 fully saturated rings. The number of nitrogens with zero attached hydrogens (tertiary/aromatic N) is 1. The standard InChI is InChI=1S/C29H27N3O4/c1-36-26-15-14-25(23-10-4-5-11-24(23)26)29(35)32-16-6-9-22(18-32)28(34)31-30-27(33)21-13-12-19-7-2-3-8-20(19)17-21/h2-5,7-8,10-15,17,22H,6,9,16,18H2,1H3,(H,30,33)(H,31,34). The van der Waals surface area contributed by atoms with E-state index in [4.69, 9.17) is 4.74 Å². The van der Waals surface area contributed by atoms with Crippen LogP contribution in [0.1, 0.15) is 33.6 Å². The molecule has 4 aromatic rings. The molecule has 0 aromatic heterocycles. The Kier molecular flexibility index (Phi) is 6.54. The fourth-order valence-electron chi connectivity index (χ4n) is 4.81. The van der Waals surface area contributed by atoms with Crippen LogP contribution in [0, 0.1) is 5.92 Å². The lowest BCUT2D eigenvalue weighted by molar-refractivity contribution is -0.127. The molecule has 0 bridgehead atoms. The van der Waals surface area contributed by atoms with Gasteiger partial charge in [-0.15, -0.1) is 0 Å². The molecule has 0 saturated carbocycles. The summed E-state index contributed by atoms with van der Waals surface area (Å²) < 4.78 is 5.44. The zero-order valence-corrected chi connectivity index (χ0v) is 20.0. The molecule has 1 atom stereocenters. The Labute approximate surface area is 209 Å². The lowest BCUT2D eigenvalue weighted by Crippen LogP contribution is -2.50. The highest BCUT2D eigenvalue weighted by Gasteiger charge is 2.30. The second-order valence-corrected chi connectivity index (χ2v) is 8.96. The van der Waals surface area contributed by atoms with E-state index in [1.807, 2.05) is 54.6 Å². The van der Waals surface area contributed by atoms with Gasteiger partial charge in [0, 0.05) is 29.6 Å². The Morgan fingerprint density at radius 1 is 0.861 bits per heavy atom. The molecular weight excluding hydrogens is 454 g/mol. The van der Waals surface area contributed by atoms with E-state index in [2.05, 4.69) is 10.9 Å². The van der Waals surface area contributed by atoms with Gasteiger partial charge in [-0.3, -0.25) is 25.2 Å². The van der Waals surface area contributed by atoms with Gasteiger partial charge in [-0.1, -0.05) is 54.6 Å². The summed E-state index contributed by atoms with van der Waals surface area (Å²) in [6.45, 7) is 0.864. The van der Waals surface area contributed by atoms with E-state index in [1.165, 1.54) is 0 Å². The molecule has 1 heterocycles. The number of methoxy groups -OCH3 is 1. The molecule has 0 radical (unpaired) electrons. The summed E-state index contributed by atoms with van der Waals surface area (Å²) >= 11 is 0. The molecule has 1 unspecified atom stereocenters. The lowest BCUT2D eigenvalue weighted by Gasteiger charge is -2.32. The van der Waals surface area contributed by atoms with Crippen LogP contribution in [0.4, 0.5) is 0 Å². The fraction of sp³-hybridized carbons (Fsp3) is 0.207. The smallest absolute Gasteiger partial charge is 0.269 e. The first-order chi connectivity index (χ1) is 17.5. The summed E-state index contributed by atoms with van der Waals surface area (Å²) in [4.78, 5) is 40.6. The number of ether oxygens (including phenoxy) is 1. The highest BCUT2D eigenvalue weighted by Crippen LogP contribution is 2.30. The van der Waals surface area contributed by atoms with Crippen LogP contribution >= 0.6 is 0 Å². The third-order valence-electron chi connectivity index (χ3n) is 6.72. The number of carbonyl (C=O) groups excluding carboxylic acids is 3. The Balaban J connectivity index is 1.24. The van der Waals surface area contributed by atoms with Gasteiger partial charge in [0.2, 0.25) is 5.91 Å². The van der Waals surface area contributed by atoms with Crippen molar-refractivity contribution in [2.75, 3.05) is 20.2 Å². The zero-order chi connectivity index (χ0) is 25.1. The fourth-order valence-corrected chi connectivity index (χ4v) is 4.81. The molecule has 7 heteroatoms. The van der Waals surface area contributed by atoms with Gasteiger partial charge in [0.25, 0.3) is 11.8 Å². The number of rotatable bonds is 4. The van der Waals surface area contributed by atoms with E-state index in [1.54, 1.807) is 36.3 Å². The van der Waals surface area contributed by atoms with Crippen LogP contribution in [0.3, 0.4) is 0 Å². The van der Waals surface area contributed by atoms with E-state index in [0.717, 1.165) is 21.5 Å². The van der Waals surface area contributed by atoms with Crippen LogP contribution in [0.25, 0.3) is 21.5 Å². The van der Waals surface area contributed by atoms with Crippen LogP contribution < -0.4 is 15.6 Å². The summed E-state index contributed by atoms with van der Waals surface area (Å²) in [5.41, 5.74) is 6.11. The van der Waals surface area contributed by atoms with Crippen molar-refractivity contribution in [3.05, 3.63) is 90.0 Å². The molecular formula is C29H27N3O4. The predicted octanol–water partition coefficient (Wildman–Crippen LogP) is 4.32. The average molecular weight is 482 g/mol. The Hall–Kier alpha value is -4.39. The summed E-state index contributed by atoms with van der Waals surface area (Å²) in [6, 6.07) is 24.4. The van der Waals surface area contributed by atoms with Crippen molar-refractivity contribution >= 4 is 39.3 Å². The number of likely N-dealkylation sites (tertiary alicyclic amines) is 1. The number of hydrogen-bond donors (Lipinski definition) is 2. The predicted molar refractivity (Wildman–Crippen MR) is 139 cm³/mol. The number of carbonyl (C=O) groups is 3. The SMILES string of the molecule is COc1ccc(C(=O)N2CCCC(C(=O)NNC(=O)c3ccc4ccccc4c3)C2)c2ccccc12. The molecule has 4 aromatic carbocycles. The molecule has 1 saturated heterocycles. The molecule has 2 N–H and O–H groups in total. The first-order valence-electron chi connectivity index (χ1n) is 12.0. The second kappa shape index (κ2) is 10.1. The van der Waals surface area contributed by atoms with Crippen LogP contribution in [0.2, 0.25) is 0 Å². The Morgan fingerprint density at radius 3 is 2.42 bits per heavy atom. The van der Waals surface area contributed by atoms with Gasteiger partial charge in [0.05, 0.1) is 13.0 Å². The van der Waals surface area contributed by atoms with Crippen molar-refractivity contribution in [2.45, 2.75) is 12.8 Å². The minimum absolute atomic E-state index is 0.119. The maximum Gasteiger partial charge on any atom is 0.269 e. The molecule has 3 amide bonds. The van der Waals surface area contributed by atoms with Crippen molar-refractivity contribution in [3.8, 4) is 5.75 Å². The van der Waals surface area contributed by atoms with E-state index in [0.29, 0.717) is 36.3 Å². The van der Waals surface area contributed by atoms with Gasteiger partial charge >= 0.3 is 0 Å². The number of fused-ring (bicyclic) bond motifs is 2. The highest BCUT2D eigenvalue weighted by molar-refractivity contribution is 6.08. The molecule has 1 aliphatic rings. The number of hydrogen-bond acceptors (Lipinski definition) is 4. The summed E-state index contributed by atoms with van der Waals surface area (Å²) in [7, 11) is 1.61. The summed E-state index contributed by atoms with van der Waals surface area (Å²) in [6.07, 6.45) is 1.35. The summed E-state index contributed by atoms with van der Waals surface area (Å²) in [5.74, 6) is -0.514. The van der Waals surface area contributed by atoms with Gasteiger partial charge in [-0.25, -0.2) is 0 Å². The number of benzene rings is 4. The minimum atomic E-state index is -0.413. The normalized spacial score (nSPS) is 15.5. The minimum Gasteiger partial charge on any atom is -0.496 e. The molecule has 0 aliphatic carbocycles. The molecule has 182 valence electrons. The van der Waals surface area contributed by atoms with Crippen molar-refractivity contribution < 1.29 is 19.1 Å². The number of piperidine rings is 1. The largest absolute Gasteiger partial charge is 0.496 e. The third kappa shape index (κ3) is 4.60. The molecule has 5 rings (SSSR count). The van der Waals surface area contributed by atoms with Crippen molar-refractivity contribution in [2.24, 2.45) is 5.92 Å². The van der Waals surface area contributed by atoms with Gasteiger partial charge in [0.15, 0.2) is 0 Å². The quantitative estimate of drug-likeness (QED) is 0.425. The molecule has 7 nitrogen and oxygen atoms in total. The van der Waals surface area contributed by atoms with Gasteiger partial charge < -0.3 is 9.64 Å². The zero-order valence-electron chi connectivity index (χ0n) is 20.0. The molecule has 1 aliphatic heterocycles. The number of nitrogens with one attached hydrogen (secondary N) is 2. The molecule has 36 heavy (non-hydrogen) atoms. The van der Waals surface area contributed by atoms with Crippen molar-refractivity contribution in [1.29, 1.82) is 0 Å². The first-order valence-corrected chi connectivity index (χ1v) is 12.0. The molecule has 0 spiro atoms. The number of amides is 3. The average Bonchev–Trinajstić information content (AvgIpc) is 2.94. The topological polar surface area (TPSA) is 87.7 Å². The van der Waals surface area contributed by atoms with Crippen LogP contribution in [0.5, 0.6) is 5.75 Å². The Bertz CT molecular complexity index is 1470. The van der Waals surface area contributed by atoms with E-state index >= 15 is 0 Å². The monoisotopic (exact) mass is 481 g/mol. The highest BCUT2D eigenvalue weighted by atomic mass is 16.5. The van der Waals surface area contributed by atoms with Gasteiger partial charge in [-0.05, 0) is 53.3 Å². The second-order valence-electron chi connectivity index (χ2n) is 8.96. The summed E-state index contributed by atoms with van der Waals surface area (Å²) in [5, 5.41) is 3.67. The maximum atomic E-state index is 13.4. The van der Waals surface area contributed by atoms with E-state index in [-0.39, 0.29) is 24.3 Å². The lowest BCUT2D eigenvalue weighted by atomic mass is 9.95. The first kappa shape index (κ1) is 23.4. The van der Waals surface area contributed by atoms with Crippen LogP contribution in [0.15, 0.2) is 78.9 Å². The van der Waals surface area contributed by atoms with Crippen molar-refractivity contribution in [3.63, 3.8) is 0 Å². The maximum absolute atomic E-state index is 13.4. The van der Waals surface area contributed by atoms with Gasteiger partial charge in [0.1, 0.15) is 5.75 Å². The Morgan fingerprint density at radius 2 is 1.61 bits per heavy atom. The van der Waals surface area contributed by atoms with Crippen LogP contribution in [-0.2, 0) is 4.79 Å². The number of hydrazine groups is 1. The van der Waals surface area contributed by atoms with E-state index < -0.39 is 5.92 Å². The van der Waals surface area contributed by atoms with Crippen LogP contribution in [-0.4, -0.2) is 42.8 Å². The third-order valence-corrected chi connectivity index (χ3v) is 6.72. The van der Waals surface area contributed by atoms with Crippen molar-refractivity contribution in [1.82, 2.24) is 15.8 Å². The van der Waals surface area contributed by atoms with Gasteiger partial charge in [-0.2, -0.15) is 0 Å². The van der Waals surface area contributed by atoms with E-state index in [9.17, 15) is 14.4 Å².